The van der Waals surface area contributed by atoms with E-state index in [1.807, 2.05) is 36.0 Å². The molecule has 1 aliphatic rings. The lowest BCUT2D eigenvalue weighted by molar-refractivity contribution is -0.138. The predicted molar refractivity (Wildman–Crippen MR) is 97.8 cm³/mol. The number of hydrogen-bond donors (Lipinski definition) is 2. The second-order valence-electron chi connectivity index (χ2n) is 6.55. The number of aryl methyl sites for hydroxylation is 1. The number of rotatable bonds is 7. The minimum Gasteiger partial charge on any atom is -0.472 e. The maximum atomic E-state index is 12.7. The van der Waals surface area contributed by atoms with Gasteiger partial charge in [0.1, 0.15) is 12.3 Å². The minimum atomic E-state index is -0.572. The molecule has 3 heterocycles. The van der Waals surface area contributed by atoms with E-state index in [-0.39, 0.29) is 23.8 Å². The smallest absolute Gasteiger partial charge is 0.254 e. The molecule has 0 radical (unpaired) electrons. The van der Waals surface area contributed by atoms with Crippen LogP contribution in [0.3, 0.4) is 0 Å². The Morgan fingerprint density at radius 2 is 2.04 bits per heavy atom. The Hall–Kier alpha value is -3.03. The predicted octanol–water partition coefficient (Wildman–Crippen LogP) is 1.01. The molecule has 2 N–H and O–H groups in total. The Kier molecular flexibility index (Phi) is 5.95. The Balaban J connectivity index is 1.64. The van der Waals surface area contributed by atoms with Crippen LogP contribution >= 0.6 is 0 Å². The van der Waals surface area contributed by atoms with Gasteiger partial charge >= 0.3 is 0 Å². The van der Waals surface area contributed by atoms with Gasteiger partial charge in [0.15, 0.2) is 0 Å². The van der Waals surface area contributed by atoms with Gasteiger partial charge in [-0.3, -0.25) is 14.4 Å². The van der Waals surface area contributed by atoms with Gasteiger partial charge < -0.3 is 24.5 Å². The first-order valence-corrected chi connectivity index (χ1v) is 9.09. The Morgan fingerprint density at radius 3 is 2.70 bits per heavy atom. The third kappa shape index (κ3) is 4.58. The van der Waals surface area contributed by atoms with Crippen LogP contribution in [0.2, 0.25) is 0 Å². The van der Waals surface area contributed by atoms with Crippen LogP contribution in [0, 0.1) is 0 Å². The van der Waals surface area contributed by atoms with Gasteiger partial charge in [-0.15, -0.1) is 0 Å². The number of nitrogens with one attached hydrogen (secondary N) is 2. The Bertz CT molecular complexity index is 770. The summed E-state index contributed by atoms with van der Waals surface area (Å²) in [4.78, 5) is 39.0. The maximum absolute atomic E-state index is 12.7. The standard InChI is InChI=1S/C19H24N4O4/c1-2-20-19(26)16-11-15(21-18(25)14-6-10-27-13-14)12-23(16)17(24)5-9-22-7-3-4-8-22/h3-4,6-8,10,13,15-16H,2,5,9,11-12H2,1H3,(H,20,26)(H,21,25)/t15-,16-/m0/s1. The van der Waals surface area contributed by atoms with Gasteiger partial charge in [-0.1, -0.05) is 0 Å². The van der Waals surface area contributed by atoms with Crippen LogP contribution in [0.4, 0.5) is 0 Å². The van der Waals surface area contributed by atoms with Crippen LogP contribution in [0.15, 0.2) is 47.5 Å². The summed E-state index contributed by atoms with van der Waals surface area (Å²) in [6.07, 6.45) is 7.28. The number of carbonyl (C=O) groups is 3. The molecule has 1 saturated heterocycles. The van der Waals surface area contributed by atoms with Crippen LogP contribution in [-0.2, 0) is 16.1 Å². The summed E-state index contributed by atoms with van der Waals surface area (Å²) in [6, 6.07) is 4.52. The third-order valence-electron chi connectivity index (χ3n) is 4.64. The van der Waals surface area contributed by atoms with E-state index in [2.05, 4.69) is 10.6 Å². The van der Waals surface area contributed by atoms with Crippen molar-refractivity contribution in [1.29, 1.82) is 0 Å². The molecular formula is C19H24N4O4. The second kappa shape index (κ2) is 8.57. The molecule has 2 atom stereocenters. The Morgan fingerprint density at radius 1 is 1.26 bits per heavy atom. The van der Waals surface area contributed by atoms with E-state index in [0.29, 0.717) is 38.0 Å². The number of nitrogens with zero attached hydrogens (tertiary/aromatic N) is 2. The lowest BCUT2D eigenvalue weighted by Crippen LogP contribution is -2.46. The maximum Gasteiger partial charge on any atom is 0.254 e. The van der Waals surface area contributed by atoms with Gasteiger partial charge in [-0.25, -0.2) is 0 Å². The van der Waals surface area contributed by atoms with Gasteiger partial charge in [-0.05, 0) is 31.5 Å². The number of likely N-dealkylation sites (tertiary alicyclic amines) is 1. The number of likely N-dealkylation sites (N-methyl/N-ethyl adjacent to an activating group) is 1. The highest BCUT2D eigenvalue weighted by molar-refractivity contribution is 5.94. The van der Waals surface area contributed by atoms with Gasteiger partial charge in [-0.2, -0.15) is 0 Å². The van der Waals surface area contributed by atoms with E-state index in [1.54, 1.807) is 11.0 Å². The monoisotopic (exact) mass is 372 g/mol. The van der Waals surface area contributed by atoms with Gasteiger partial charge in [0.25, 0.3) is 5.91 Å². The van der Waals surface area contributed by atoms with E-state index < -0.39 is 6.04 Å². The molecule has 3 rings (SSSR count). The van der Waals surface area contributed by atoms with Crippen molar-refractivity contribution in [2.45, 2.75) is 38.4 Å². The minimum absolute atomic E-state index is 0.0972. The summed E-state index contributed by atoms with van der Waals surface area (Å²) < 4.78 is 6.85. The zero-order chi connectivity index (χ0) is 19.2. The highest BCUT2D eigenvalue weighted by Crippen LogP contribution is 2.20. The van der Waals surface area contributed by atoms with Crippen LogP contribution in [-0.4, -0.2) is 52.4 Å². The molecule has 2 aromatic heterocycles. The van der Waals surface area contributed by atoms with Gasteiger partial charge in [0.05, 0.1) is 11.8 Å². The summed E-state index contributed by atoms with van der Waals surface area (Å²) in [7, 11) is 0. The summed E-state index contributed by atoms with van der Waals surface area (Å²) in [6.45, 7) is 3.20. The van der Waals surface area contributed by atoms with E-state index in [4.69, 9.17) is 4.42 Å². The van der Waals surface area contributed by atoms with Crippen molar-refractivity contribution in [2.75, 3.05) is 13.1 Å². The molecule has 8 nitrogen and oxygen atoms in total. The van der Waals surface area contributed by atoms with Crippen molar-refractivity contribution >= 4 is 17.7 Å². The molecule has 0 spiro atoms. The van der Waals surface area contributed by atoms with Crippen molar-refractivity contribution in [1.82, 2.24) is 20.1 Å². The molecule has 0 bridgehead atoms. The summed E-state index contributed by atoms with van der Waals surface area (Å²) in [5, 5.41) is 5.66. The molecule has 2 aromatic rings. The molecule has 0 aromatic carbocycles. The van der Waals surface area contributed by atoms with Crippen LogP contribution in [0.1, 0.15) is 30.1 Å². The number of carbonyl (C=O) groups excluding carboxylic acids is 3. The summed E-state index contributed by atoms with van der Waals surface area (Å²) in [5.41, 5.74) is 0.418. The molecular weight excluding hydrogens is 348 g/mol. The molecule has 0 saturated carbocycles. The fourth-order valence-corrected chi connectivity index (χ4v) is 3.31. The summed E-state index contributed by atoms with van der Waals surface area (Å²) >= 11 is 0. The van der Waals surface area contributed by atoms with Crippen LogP contribution < -0.4 is 10.6 Å². The zero-order valence-corrected chi connectivity index (χ0v) is 15.3. The van der Waals surface area contributed by atoms with Gasteiger partial charge in [0, 0.05) is 44.5 Å². The fraction of sp³-hybridized carbons (Fsp3) is 0.421. The number of furan rings is 1. The zero-order valence-electron chi connectivity index (χ0n) is 15.3. The van der Waals surface area contributed by atoms with Crippen molar-refractivity contribution in [3.8, 4) is 0 Å². The average Bonchev–Trinajstić information content (AvgIpc) is 3.40. The first-order chi connectivity index (χ1) is 13.1. The normalized spacial score (nSPS) is 19.1. The number of aromatic nitrogens is 1. The van der Waals surface area contributed by atoms with E-state index in [1.165, 1.54) is 12.5 Å². The molecule has 0 unspecified atom stereocenters. The lowest BCUT2D eigenvalue weighted by atomic mass is 10.1. The molecule has 8 heteroatoms. The highest BCUT2D eigenvalue weighted by Gasteiger charge is 2.39. The van der Waals surface area contributed by atoms with Crippen molar-refractivity contribution in [3.63, 3.8) is 0 Å². The van der Waals surface area contributed by atoms with E-state index in [0.717, 1.165) is 0 Å². The SMILES string of the molecule is CCNC(=O)[C@@H]1C[C@H](NC(=O)c2ccoc2)CN1C(=O)CCn1cccc1. The molecule has 3 amide bonds. The second-order valence-corrected chi connectivity index (χ2v) is 6.55. The van der Waals surface area contributed by atoms with Crippen LogP contribution in [0.25, 0.3) is 0 Å². The van der Waals surface area contributed by atoms with Crippen molar-refractivity contribution < 1.29 is 18.8 Å². The molecule has 1 aliphatic heterocycles. The largest absolute Gasteiger partial charge is 0.472 e. The first kappa shape index (κ1) is 18.8. The number of hydrogen-bond acceptors (Lipinski definition) is 4. The molecule has 144 valence electrons. The third-order valence-corrected chi connectivity index (χ3v) is 4.64. The molecule has 1 fully saturated rings. The van der Waals surface area contributed by atoms with Crippen molar-refractivity contribution in [3.05, 3.63) is 48.7 Å². The highest BCUT2D eigenvalue weighted by atomic mass is 16.3. The van der Waals surface area contributed by atoms with E-state index >= 15 is 0 Å². The lowest BCUT2D eigenvalue weighted by Gasteiger charge is -2.23. The number of amides is 3. The van der Waals surface area contributed by atoms with Crippen molar-refractivity contribution in [2.24, 2.45) is 0 Å². The van der Waals surface area contributed by atoms with Gasteiger partial charge in [0.2, 0.25) is 11.8 Å². The van der Waals surface area contributed by atoms with Crippen LogP contribution in [0.5, 0.6) is 0 Å². The summed E-state index contributed by atoms with van der Waals surface area (Å²) in [5.74, 6) is -0.558. The topological polar surface area (TPSA) is 96.6 Å². The first-order valence-electron chi connectivity index (χ1n) is 9.09. The Labute approximate surface area is 157 Å². The fourth-order valence-electron chi connectivity index (χ4n) is 3.31. The van der Waals surface area contributed by atoms with E-state index in [9.17, 15) is 14.4 Å². The molecule has 0 aliphatic carbocycles. The molecule has 27 heavy (non-hydrogen) atoms. The quantitative estimate of drug-likeness (QED) is 0.758. The average molecular weight is 372 g/mol.